The van der Waals surface area contributed by atoms with Crippen LogP contribution >= 0.6 is 11.6 Å². The van der Waals surface area contributed by atoms with Gasteiger partial charge in [0, 0.05) is 23.7 Å². The number of rotatable bonds is 6. The van der Waals surface area contributed by atoms with E-state index in [4.69, 9.17) is 16.3 Å². The first-order valence-electron chi connectivity index (χ1n) is 11.1. The van der Waals surface area contributed by atoms with Gasteiger partial charge in [-0.3, -0.25) is 0 Å². The van der Waals surface area contributed by atoms with Gasteiger partial charge in [0.15, 0.2) is 11.6 Å². The highest BCUT2D eigenvalue weighted by Gasteiger charge is 2.26. The molecule has 0 saturated heterocycles. The van der Waals surface area contributed by atoms with Crippen molar-refractivity contribution < 1.29 is 17.5 Å². The van der Waals surface area contributed by atoms with Gasteiger partial charge in [0.1, 0.15) is 6.61 Å². The van der Waals surface area contributed by atoms with Gasteiger partial charge in [0.2, 0.25) is 16.0 Å². The zero-order valence-electron chi connectivity index (χ0n) is 18.9. The molecule has 0 atom stereocenters. The highest BCUT2D eigenvalue weighted by Crippen LogP contribution is 2.40. The van der Waals surface area contributed by atoms with Crippen molar-refractivity contribution in [2.75, 3.05) is 29.6 Å². The first-order valence-corrected chi connectivity index (χ1v) is 13.4. The van der Waals surface area contributed by atoms with Crippen molar-refractivity contribution >= 4 is 33.3 Å². The third-order valence-electron chi connectivity index (χ3n) is 5.99. The van der Waals surface area contributed by atoms with Crippen LogP contribution in [0.2, 0.25) is 5.02 Å². The molecule has 0 bridgehead atoms. The summed E-state index contributed by atoms with van der Waals surface area (Å²) in [5.74, 6) is 0.208. The van der Waals surface area contributed by atoms with Crippen molar-refractivity contribution in [2.45, 2.75) is 57.7 Å². The second kappa shape index (κ2) is 9.60. The number of nitrogens with one attached hydrogen (secondary N) is 2. The predicted octanol–water partition coefficient (Wildman–Crippen LogP) is 3.82. The Labute approximate surface area is 198 Å². The van der Waals surface area contributed by atoms with E-state index < -0.39 is 15.8 Å². The van der Waals surface area contributed by atoms with Crippen LogP contribution in [0.25, 0.3) is 11.3 Å². The second-order valence-corrected chi connectivity index (χ2v) is 11.1. The maximum absolute atomic E-state index is 14.9. The number of hydrogen-bond acceptors (Lipinski definition) is 7. The molecule has 1 fully saturated rings. The molecule has 33 heavy (non-hydrogen) atoms. The Morgan fingerprint density at radius 1 is 1.21 bits per heavy atom. The molecule has 1 aliphatic carbocycles. The maximum atomic E-state index is 14.9. The van der Waals surface area contributed by atoms with E-state index in [1.54, 1.807) is 0 Å². The molecular weight excluding hydrogens is 469 g/mol. The van der Waals surface area contributed by atoms with Gasteiger partial charge in [-0.2, -0.15) is 0 Å². The number of ether oxygens (including phenoxy) is 1. The molecule has 2 heterocycles. The number of nitrogens with zero attached hydrogens (tertiary/aromatic N) is 3. The van der Waals surface area contributed by atoms with E-state index in [1.165, 1.54) is 18.5 Å². The molecule has 0 unspecified atom stereocenters. The van der Waals surface area contributed by atoms with Crippen LogP contribution < -0.4 is 19.7 Å². The van der Waals surface area contributed by atoms with Crippen molar-refractivity contribution in [3.63, 3.8) is 0 Å². The smallest absolute Gasteiger partial charge is 0.223 e. The predicted molar refractivity (Wildman–Crippen MR) is 128 cm³/mol. The molecule has 180 valence electrons. The third kappa shape index (κ3) is 5.67. The molecule has 1 saturated carbocycles. The lowest BCUT2D eigenvalue weighted by Crippen LogP contribution is -2.39. The van der Waals surface area contributed by atoms with E-state index in [1.807, 2.05) is 6.07 Å². The summed E-state index contributed by atoms with van der Waals surface area (Å²) in [7, 11) is -3.21. The van der Waals surface area contributed by atoms with Gasteiger partial charge >= 0.3 is 0 Å². The van der Waals surface area contributed by atoms with E-state index >= 15 is 0 Å². The van der Waals surface area contributed by atoms with Crippen LogP contribution in [0.15, 0.2) is 18.3 Å². The topological polar surface area (TPSA) is 96.5 Å². The zero-order chi connectivity index (χ0) is 23.8. The summed E-state index contributed by atoms with van der Waals surface area (Å²) >= 11 is 6.40. The van der Waals surface area contributed by atoms with Crippen LogP contribution in [0.5, 0.6) is 5.75 Å². The highest BCUT2D eigenvalue weighted by molar-refractivity contribution is 7.88. The fourth-order valence-corrected chi connectivity index (χ4v) is 5.50. The average molecular weight is 498 g/mol. The van der Waals surface area contributed by atoms with Crippen LogP contribution in [-0.2, 0) is 10.0 Å². The third-order valence-corrected chi connectivity index (χ3v) is 7.03. The van der Waals surface area contributed by atoms with Crippen LogP contribution in [0, 0.1) is 5.82 Å². The molecule has 1 aromatic heterocycles. The van der Waals surface area contributed by atoms with Crippen molar-refractivity contribution in [1.82, 2.24) is 14.7 Å². The fraction of sp³-hybridized carbons (Fsp3) is 0.545. The van der Waals surface area contributed by atoms with Gasteiger partial charge in [-0.15, -0.1) is 0 Å². The zero-order valence-corrected chi connectivity index (χ0v) is 20.5. The molecule has 11 heteroatoms. The number of sulfonamides is 1. The monoisotopic (exact) mass is 497 g/mol. The van der Waals surface area contributed by atoms with Crippen LogP contribution in [0.3, 0.4) is 0 Å². The summed E-state index contributed by atoms with van der Waals surface area (Å²) in [5.41, 5.74) is 1.68. The summed E-state index contributed by atoms with van der Waals surface area (Å²) in [6, 6.07) is 3.50. The van der Waals surface area contributed by atoms with E-state index in [0.29, 0.717) is 41.1 Å². The van der Waals surface area contributed by atoms with Crippen molar-refractivity contribution in [3.8, 4) is 17.0 Å². The lowest BCUT2D eigenvalue weighted by atomic mass is 9.92. The number of halogens is 2. The quantitative estimate of drug-likeness (QED) is 0.626. The molecule has 4 rings (SSSR count). The summed E-state index contributed by atoms with van der Waals surface area (Å²) in [6.45, 7) is 5.22. The van der Waals surface area contributed by atoms with Gasteiger partial charge in [-0.05, 0) is 51.7 Å². The molecule has 2 aromatic rings. The lowest BCUT2D eigenvalue weighted by Gasteiger charge is -2.34. The highest BCUT2D eigenvalue weighted by atomic mass is 35.5. The van der Waals surface area contributed by atoms with Gasteiger partial charge in [0.25, 0.3) is 0 Å². The molecule has 8 nitrogen and oxygen atoms in total. The normalized spacial score (nSPS) is 21.0. The largest absolute Gasteiger partial charge is 0.486 e. The summed E-state index contributed by atoms with van der Waals surface area (Å²) in [6.07, 6.45) is 5.71. The summed E-state index contributed by atoms with van der Waals surface area (Å²) < 4.78 is 46.1. The Bertz CT molecular complexity index is 1120. The Balaban J connectivity index is 1.54. The van der Waals surface area contributed by atoms with Gasteiger partial charge < -0.3 is 15.0 Å². The van der Waals surface area contributed by atoms with Crippen molar-refractivity contribution in [3.05, 3.63) is 29.2 Å². The standard InChI is InChI=1S/C22H29ClFN5O3S/c1-13(2)29-8-9-32-21-18(24)10-14(11-19(21)29)20-17(23)12-25-22(27-20)26-15-4-6-16(7-5-15)28-33(3,30)31/h10-13,15-16,28H,4-9H2,1-3H3,(H,25,26,27). The maximum Gasteiger partial charge on any atom is 0.223 e. The first kappa shape index (κ1) is 24.0. The molecule has 2 N–H and O–H groups in total. The number of aromatic nitrogens is 2. The summed E-state index contributed by atoms with van der Waals surface area (Å²) in [5, 5.41) is 3.65. The second-order valence-electron chi connectivity index (χ2n) is 8.91. The number of fused-ring (bicyclic) bond motifs is 1. The van der Waals surface area contributed by atoms with Gasteiger partial charge in [-0.25, -0.2) is 27.5 Å². The van der Waals surface area contributed by atoms with Gasteiger partial charge in [-0.1, -0.05) is 11.6 Å². The molecule has 1 aromatic carbocycles. The van der Waals surface area contributed by atoms with Gasteiger partial charge in [0.05, 0.1) is 35.4 Å². The Hall–Kier alpha value is -2.17. The van der Waals surface area contributed by atoms with E-state index in [2.05, 4.69) is 38.8 Å². The number of anilines is 2. The van der Waals surface area contributed by atoms with Crippen LogP contribution in [-0.4, -0.2) is 55.9 Å². The average Bonchev–Trinajstić information content (AvgIpc) is 2.75. The minimum atomic E-state index is -3.21. The molecular formula is C22H29ClFN5O3S. The Kier molecular flexibility index (Phi) is 6.97. The number of hydrogen-bond donors (Lipinski definition) is 2. The van der Waals surface area contributed by atoms with E-state index in [9.17, 15) is 12.8 Å². The Morgan fingerprint density at radius 3 is 2.58 bits per heavy atom. The molecule has 1 aliphatic heterocycles. The van der Waals surface area contributed by atoms with Crippen LogP contribution in [0.4, 0.5) is 16.0 Å². The minimum Gasteiger partial charge on any atom is -0.486 e. The van der Waals surface area contributed by atoms with Crippen LogP contribution in [0.1, 0.15) is 39.5 Å². The first-order chi connectivity index (χ1) is 15.6. The molecule has 0 spiro atoms. The Morgan fingerprint density at radius 2 is 1.91 bits per heavy atom. The van der Waals surface area contributed by atoms with E-state index in [-0.39, 0.29) is 23.9 Å². The lowest BCUT2D eigenvalue weighted by molar-refractivity contribution is 0.287. The fourth-order valence-electron chi connectivity index (χ4n) is 4.45. The molecule has 0 amide bonds. The molecule has 2 aliphatic rings. The summed E-state index contributed by atoms with van der Waals surface area (Å²) in [4.78, 5) is 11.0. The number of benzene rings is 1. The van der Waals surface area contributed by atoms with E-state index in [0.717, 1.165) is 25.7 Å². The minimum absolute atomic E-state index is 0.0515. The van der Waals surface area contributed by atoms with Crippen molar-refractivity contribution in [1.29, 1.82) is 0 Å². The molecule has 0 radical (unpaired) electrons. The van der Waals surface area contributed by atoms with Crippen molar-refractivity contribution in [2.24, 2.45) is 0 Å². The SMILES string of the molecule is CC(C)N1CCOc2c(F)cc(-c3nc(NC4CCC(NS(C)(=O)=O)CC4)ncc3Cl)cc21.